The van der Waals surface area contributed by atoms with Crippen molar-refractivity contribution >= 4 is 43.6 Å². The molecule has 0 aliphatic heterocycles. The van der Waals surface area contributed by atoms with E-state index in [-0.39, 0.29) is 6.04 Å². The molecular weight excluding hydrogens is 366 g/mol. The lowest BCUT2D eigenvalue weighted by Crippen LogP contribution is -2.12. The lowest BCUT2D eigenvalue weighted by atomic mass is 10.3. The van der Waals surface area contributed by atoms with E-state index in [1.165, 1.54) is 4.90 Å². The van der Waals surface area contributed by atoms with Gasteiger partial charge in [0.2, 0.25) is 0 Å². The highest BCUT2D eigenvalue weighted by atomic mass is 79.9. The van der Waals surface area contributed by atoms with Crippen molar-refractivity contribution in [2.24, 2.45) is 5.73 Å². The molecule has 0 fully saturated rings. The van der Waals surface area contributed by atoms with Crippen molar-refractivity contribution in [1.82, 2.24) is 0 Å². The first-order chi connectivity index (χ1) is 8.16. The lowest BCUT2D eigenvalue weighted by Gasteiger charge is -2.09. The molecule has 1 aromatic carbocycles. The molecule has 1 heterocycles. The molecule has 1 unspecified atom stereocenters. The van der Waals surface area contributed by atoms with Crippen LogP contribution in [0.5, 0.6) is 0 Å². The van der Waals surface area contributed by atoms with Crippen LogP contribution in [0.3, 0.4) is 0 Å². The van der Waals surface area contributed by atoms with Crippen molar-refractivity contribution in [3.63, 3.8) is 0 Å². The summed E-state index contributed by atoms with van der Waals surface area (Å²) in [6.07, 6.45) is 1.64. The van der Waals surface area contributed by atoms with E-state index in [2.05, 4.69) is 44.0 Å². The van der Waals surface area contributed by atoms with Gasteiger partial charge in [0.15, 0.2) is 0 Å². The molecule has 0 saturated heterocycles. The summed E-state index contributed by atoms with van der Waals surface area (Å²) in [5, 5.41) is 0. The van der Waals surface area contributed by atoms with Crippen molar-refractivity contribution < 1.29 is 4.42 Å². The van der Waals surface area contributed by atoms with Crippen molar-refractivity contribution in [2.75, 3.05) is 5.75 Å². The third kappa shape index (κ3) is 3.61. The second-order valence-electron chi connectivity index (χ2n) is 3.51. The van der Waals surface area contributed by atoms with E-state index in [0.29, 0.717) is 0 Å². The van der Waals surface area contributed by atoms with Crippen LogP contribution in [0.15, 0.2) is 54.9 Å². The monoisotopic (exact) mass is 375 g/mol. The Morgan fingerprint density at radius 3 is 2.76 bits per heavy atom. The molecule has 17 heavy (non-hydrogen) atoms. The minimum absolute atomic E-state index is 0.108. The Balaban J connectivity index is 1.97. The van der Waals surface area contributed by atoms with Gasteiger partial charge < -0.3 is 10.2 Å². The summed E-state index contributed by atoms with van der Waals surface area (Å²) < 4.78 is 7.35. The third-order valence-electron chi connectivity index (χ3n) is 2.21. The van der Waals surface area contributed by atoms with E-state index >= 15 is 0 Å². The quantitative estimate of drug-likeness (QED) is 0.792. The van der Waals surface area contributed by atoms with Gasteiger partial charge in [0.1, 0.15) is 5.76 Å². The van der Waals surface area contributed by atoms with Crippen LogP contribution >= 0.6 is 43.6 Å². The van der Waals surface area contributed by atoms with E-state index < -0.39 is 0 Å². The van der Waals surface area contributed by atoms with E-state index in [0.717, 1.165) is 20.5 Å². The Morgan fingerprint density at radius 1 is 1.29 bits per heavy atom. The van der Waals surface area contributed by atoms with E-state index in [1.54, 1.807) is 18.0 Å². The summed E-state index contributed by atoms with van der Waals surface area (Å²) >= 11 is 8.58. The van der Waals surface area contributed by atoms with Gasteiger partial charge in [-0.15, -0.1) is 11.8 Å². The van der Waals surface area contributed by atoms with Crippen molar-refractivity contribution in [1.29, 1.82) is 0 Å². The van der Waals surface area contributed by atoms with Crippen molar-refractivity contribution in [3.05, 3.63) is 51.3 Å². The molecule has 0 saturated carbocycles. The first kappa shape index (κ1) is 13.2. The fourth-order valence-electron chi connectivity index (χ4n) is 1.39. The molecule has 0 aliphatic carbocycles. The third-order valence-corrected chi connectivity index (χ3v) is 4.47. The summed E-state index contributed by atoms with van der Waals surface area (Å²) in [6, 6.07) is 9.92. The van der Waals surface area contributed by atoms with Crippen molar-refractivity contribution in [3.8, 4) is 0 Å². The van der Waals surface area contributed by atoms with Crippen LogP contribution in [0.1, 0.15) is 11.8 Å². The number of nitrogens with two attached hydrogens (primary N) is 1. The van der Waals surface area contributed by atoms with Gasteiger partial charge in [-0.2, -0.15) is 0 Å². The van der Waals surface area contributed by atoms with Gasteiger partial charge in [-0.1, -0.05) is 22.0 Å². The highest BCUT2D eigenvalue weighted by Crippen LogP contribution is 2.29. The maximum atomic E-state index is 6.07. The van der Waals surface area contributed by atoms with Gasteiger partial charge >= 0.3 is 0 Å². The van der Waals surface area contributed by atoms with Gasteiger partial charge in [0.05, 0.1) is 16.8 Å². The molecule has 2 nitrogen and oxygen atoms in total. The van der Waals surface area contributed by atoms with Crippen LogP contribution in [0.4, 0.5) is 0 Å². The Kier molecular flexibility index (Phi) is 4.73. The molecule has 2 aromatic rings. The van der Waals surface area contributed by atoms with Crippen LogP contribution in [0.2, 0.25) is 0 Å². The standard InChI is InChI=1S/C12H11Br2NOS/c13-8-2-1-3-9(6-8)17-7-11(15)12-10(14)4-5-16-12/h1-6,11H,7,15H2. The largest absolute Gasteiger partial charge is 0.466 e. The predicted molar refractivity (Wildman–Crippen MR) is 78.2 cm³/mol. The minimum atomic E-state index is -0.108. The summed E-state index contributed by atoms with van der Waals surface area (Å²) in [5.41, 5.74) is 6.07. The molecule has 0 spiro atoms. The predicted octanol–water partition coefficient (Wildman–Crippen LogP) is 4.60. The Labute approximate surface area is 121 Å². The van der Waals surface area contributed by atoms with Crippen LogP contribution < -0.4 is 5.73 Å². The number of thioether (sulfide) groups is 1. The molecule has 0 amide bonds. The van der Waals surface area contributed by atoms with Gasteiger partial charge in [0, 0.05) is 15.1 Å². The zero-order valence-electron chi connectivity index (χ0n) is 8.90. The number of hydrogen-bond donors (Lipinski definition) is 1. The highest BCUT2D eigenvalue weighted by molar-refractivity contribution is 9.10. The van der Waals surface area contributed by atoms with E-state index in [4.69, 9.17) is 10.2 Å². The molecular formula is C12H11Br2NOS. The van der Waals surface area contributed by atoms with Crippen LogP contribution in [0, 0.1) is 0 Å². The fourth-order valence-corrected chi connectivity index (χ4v) is 3.34. The maximum absolute atomic E-state index is 6.07. The second-order valence-corrected chi connectivity index (χ2v) is 6.37. The topological polar surface area (TPSA) is 39.2 Å². The number of hydrogen-bond acceptors (Lipinski definition) is 3. The first-order valence-corrected chi connectivity index (χ1v) is 7.61. The molecule has 5 heteroatoms. The number of furan rings is 1. The van der Waals surface area contributed by atoms with Crippen LogP contribution in [-0.2, 0) is 0 Å². The zero-order valence-corrected chi connectivity index (χ0v) is 12.9. The summed E-state index contributed by atoms with van der Waals surface area (Å²) in [6.45, 7) is 0. The Morgan fingerprint density at radius 2 is 2.12 bits per heavy atom. The molecule has 1 atom stereocenters. The SMILES string of the molecule is NC(CSc1cccc(Br)c1)c1occc1Br. The maximum Gasteiger partial charge on any atom is 0.135 e. The molecule has 1 aromatic heterocycles. The van der Waals surface area contributed by atoms with Crippen LogP contribution in [-0.4, -0.2) is 5.75 Å². The van der Waals surface area contributed by atoms with E-state index in [1.807, 2.05) is 18.2 Å². The second kappa shape index (κ2) is 6.09. The molecule has 0 bridgehead atoms. The smallest absolute Gasteiger partial charge is 0.135 e. The number of halogens is 2. The highest BCUT2D eigenvalue weighted by Gasteiger charge is 2.13. The number of rotatable bonds is 4. The molecule has 2 N–H and O–H groups in total. The average molecular weight is 377 g/mol. The minimum Gasteiger partial charge on any atom is -0.466 e. The van der Waals surface area contributed by atoms with E-state index in [9.17, 15) is 0 Å². The first-order valence-electron chi connectivity index (χ1n) is 5.03. The normalized spacial score (nSPS) is 12.6. The van der Waals surface area contributed by atoms with Gasteiger partial charge in [-0.3, -0.25) is 0 Å². The fraction of sp³-hybridized carbons (Fsp3) is 0.167. The summed E-state index contributed by atoms with van der Waals surface area (Å²) in [7, 11) is 0. The van der Waals surface area contributed by atoms with Gasteiger partial charge in [-0.25, -0.2) is 0 Å². The molecule has 2 rings (SSSR count). The summed E-state index contributed by atoms with van der Waals surface area (Å²) in [4.78, 5) is 1.19. The van der Waals surface area contributed by atoms with Gasteiger partial charge in [0.25, 0.3) is 0 Å². The van der Waals surface area contributed by atoms with Gasteiger partial charge in [-0.05, 0) is 40.2 Å². The Bertz CT molecular complexity index is 501. The number of benzene rings is 1. The molecule has 0 aliphatic rings. The molecule has 90 valence electrons. The Hall–Kier alpha value is -0.230. The zero-order chi connectivity index (χ0) is 12.3. The molecule has 0 radical (unpaired) electrons. The average Bonchev–Trinajstić information content (AvgIpc) is 2.72. The lowest BCUT2D eigenvalue weighted by molar-refractivity contribution is 0.480. The van der Waals surface area contributed by atoms with Crippen molar-refractivity contribution in [2.45, 2.75) is 10.9 Å². The van der Waals surface area contributed by atoms with Crippen LogP contribution in [0.25, 0.3) is 0 Å². The summed E-state index contributed by atoms with van der Waals surface area (Å²) in [5.74, 6) is 1.58.